The summed E-state index contributed by atoms with van der Waals surface area (Å²) >= 11 is 1.01. The number of aryl methyl sites for hydroxylation is 1. The number of hydrogen-bond acceptors (Lipinski definition) is 8. The number of nitrogens with zero attached hydrogens (tertiary/aromatic N) is 4. The maximum atomic E-state index is 13.6. The number of anilines is 1. The van der Waals surface area contributed by atoms with Crippen molar-refractivity contribution >= 4 is 23.6 Å². The predicted octanol–water partition coefficient (Wildman–Crippen LogP) is 3.75. The summed E-state index contributed by atoms with van der Waals surface area (Å²) in [6.07, 6.45) is -3.22. The van der Waals surface area contributed by atoms with Crippen molar-refractivity contribution in [3.8, 4) is 17.7 Å². The highest BCUT2D eigenvalue weighted by Crippen LogP contribution is 2.39. The zero-order valence-electron chi connectivity index (χ0n) is 21.7. The number of aromatic nitrogens is 2. The maximum absolute atomic E-state index is 13.6. The first-order valence-corrected chi connectivity index (χ1v) is 13.2. The van der Waals surface area contributed by atoms with Gasteiger partial charge in [-0.1, -0.05) is 53.4 Å². The quantitative estimate of drug-likeness (QED) is 0.394. The van der Waals surface area contributed by atoms with Crippen LogP contribution in [-0.2, 0) is 12.8 Å². The van der Waals surface area contributed by atoms with E-state index in [0.717, 1.165) is 48.1 Å². The molecule has 0 aliphatic carbocycles. The summed E-state index contributed by atoms with van der Waals surface area (Å²) in [7, 11) is 0. The largest absolute Gasteiger partial charge is 0.472 e. The number of benzene rings is 2. The molecule has 0 saturated carbocycles. The number of aliphatic hydroxyl groups excluding tert-OH is 1. The number of piperazine rings is 1. The van der Waals surface area contributed by atoms with Gasteiger partial charge in [0, 0.05) is 31.1 Å². The lowest BCUT2D eigenvalue weighted by molar-refractivity contribution is -0.138. The molecule has 0 atom stereocenters. The Hall–Kier alpha value is -3.79. The Bertz CT molecular complexity index is 1420. The normalized spacial score (nSPS) is 14.0. The van der Waals surface area contributed by atoms with Gasteiger partial charge in [0.05, 0.1) is 28.8 Å². The molecule has 2 heterocycles. The molecule has 1 saturated heterocycles. The third kappa shape index (κ3) is 7.65. The van der Waals surface area contributed by atoms with Crippen molar-refractivity contribution in [3.05, 3.63) is 70.9 Å². The molecule has 0 radical (unpaired) electrons. The number of primary amides is 1. The summed E-state index contributed by atoms with van der Waals surface area (Å²) in [4.78, 5) is 25.5. The number of ether oxygens (including phenoxy) is 1. The topological polar surface area (TPSA) is 105 Å². The lowest BCUT2D eigenvalue weighted by Gasteiger charge is -2.33. The standard InChI is InChI=1S/C28H28F3N5O3S/c1-19-5-4-6-20(15-19)18-39-26-24(40-21-7-8-22(25(32)38)23(16-21)28(29,30)31)17-33-27(34-26)36-12-10-35(11-13-36)9-2-3-14-37/h4-8,15-17,37H,9-14,18H2,1H3,(H2,32,38). The lowest BCUT2D eigenvalue weighted by atomic mass is 10.1. The van der Waals surface area contributed by atoms with E-state index in [-0.39, 0.29) is 24.0 Å². The number of rotatable bonds is 8. The maximum Gasteiger partial charge on any atom is 0.417 e. The van der Waals surface area contributed by atoms with E-state index in [2.05, 4.69) is 26.7 Å². The van der Waals surface area contributed by atoms with E-state index in [1.807, 2.05) is 36.1 Å². The highest BCUT2D eigenvalue weighted by molar-refractivity contribution is 7.99. The number of carbonyl (C=O) groups excluding carboxylic acids is 1. The molecular weight excluding hydrogens is 543 g/mol. The molecule has 3 aromatic rings. The van der Waals surface area contributed by atoms with E-state index in [1.165, 1.54) is 12.3 Å². The molecular formula is C28H28F3N5O3S. The van der Waals surface area contributed by atoms with Gasteiger partial charge in [-0.05, 0) is 30.7 Å². The molecule has 210 valence electrons. The van der Waals surface area contributed by atoms with Crippen molar-refractivity contribution in [1.29, 1.82) is 0 Å². The van der Waals surface area contributed by atoms with Crippen LogP contribution in [0.1, 0.15) is 27.0 Å². The van der Waals surface area contributed by atoms with Crippen molar-refractivity contribution in [2.45, 2.75) is 29.5 Å². The van der Waals surface area contributed by atoms with Crippen LogP contribution in [0.25, 0.3) is 0 Å². The van der Waals surface area contributed by atoms with Gasteiger partial charge in [-0.3, -0.25) is 9.69 Å². The molecule has 1 fully saturated rings. The van der Waals surface area contributed by atoms with Crippen molar-refractivity contribution in [2.75, 3.05) is 44.2 Å². The first kappa shape index (κ1) is 29.2. The molecule has 3 N–H and O–H groups in total. The van der Waals surface area contributed by atoms with E-state index in [9.17, 15) is 18.0 Å². The second kappa shape index (κ2) is 13.0. The van der Waals surface area contributed by atoms with Crippen LogP contribution in [0.4, 0.5) is 19.1 Å². The van der Waals surface area contributed by atoms with Gasteiger partial charge in [0.2, 0.25) is 17.7 Å². The van der Waals surface area contributed by atoms with Crippen LogP contribution in [-0.4, -0.2) is 65.2 Å². The first-order chi connectivity index (χ1) is 19.1. The predicted molar refractivity (Wildman–Crippen MR) is 145 cm³/mol. The number of amides is 1. The van der Waals surface area contributed by atoms with Gasteiger partial charge in [-0.2, -0.15) is 18.2 Å². The molecule has 40 heavy (non-hydrogen) atoms. The Morgan fingerprint density at radius 2 is 1.93 bits per heavy atom. The summed E-state index contributed by atoms with van der Waals surface area (Å²) in [6.45, 7) is 5.31. The van der Waals surface area contributed by atoms with Crippen LogP contribution in [0.3, 0.4) is 0 Å². The van der Waals surface area contributed by atoms with Gasteiger partial charge in [0.15, 0.2) is 0 Å². The van der Waals surface area contributed by atoms with Gasteiger partial charge >= 0.3 is 6.18 Å². The van der Waals surface area contributed by atoms with E-state index in [4.69, 9.17) is 15.6 Å². The fourth-order valence-electron chi connectivity index (χ4n) is 4.12. The molecule has 0 unspecified atom stereocenters. The number of halogens is 3. The Morgan fingerprint density at radius 3 is 2.60 bits per heavy atom. The monoisotopic (exact) mass is 571 g/mol. The fourth-order valence-corrected chi connectivity index (χ4v) is 4.98. The SMILES string of the molecule is Cc1cccc(COc2nc(N3CCN(CC#CCO)CC3)ncc2Sc2ccc(C(N)=O)c(C(F)(F)F)c2)c1. The molecule has 1 aliphatic rings. The zero-order chi connectivity index (χ0) is 28.7. The molecule has 8 nitrogen and oxygen atoms in total. The Kier molecular flexibility index (Phi) is 9.52. The molecule has 1 aliphatic heterocycles. The van der Waals surface area contributed by atoms with Crippen LogP contribution in [0, 0.1) is 18.8 Å². The van der Waals surface area contributed by atoms with Gasteiger partial charge in [-0.15, -0.1) is 0 Å². The summed E-state index contributed by atoms with van der Waals surface area (Å²) in [6, 6.07) is 11.1. The summed E-state index contributed by atoms with van der Waals surface area (Å²) in [5, 5.41) is 8.84. The number of aliphatic hydroxyl groups is 1. The lowest BCUT2D eigenvalue weighted by Crippen LogP contribution is -2.47. The number of carbonyl (C=O) groups is 1. The minimum absolute atomic E-state index is 0.170. The minimum Gasteiger partial charge on any atom is -0.472 e. The molecule has 1 aromatic heterocycles. The van der Waals surface area contributed by atoms with E-state index in [1.54, 1.807) is 0 Å². The van der Waals surface area contributed by atoms with Gasteiger partial charge in [0.25, 0.3) is 0 Å². The second-order valence-corrected chi connectivity index (χ2v) is 10.2. The van der Waals surface area contributed by atoms with Crippen LogP contribution < -0.4 is 15.4 Å². The average Bonchev–Trinajstić information content (AvgIpc) is 2.92. The second-order valence-electron chi connectivity index (χ2n) is 9.06. The Labute approximate surface area is 234 Å². The number of hydrogen-bond donors (Lipinski definition) is 2. The van der Waals surface area contributed by atoms with Gasteiger partial charge in [-0.25, -0.2) is 4.98 Å². The summed E-state index contributed by atoms with van der Waals surface area (Å²) in [5.41, 5.74) is 5.44. The van der Waals surface area contributed by atoms with E-state index in [0.29, 0.717) is 30.5 Å². The summed E-state index contributed by atoms with van der Waals surface area (Å²) < 4.78 is 47.0. The van der Waals surface area contributed by atoms with E-state index >= 15 is 0 Å². The molecule has 0 bridgehead atoms. The Balaban J connectivity index is 1.59. The molecule has 12 heteroatoms. The zero-order valence-corrected chi connectivity index (χ0v) is 22.6. The third-order valence-corrected chi connectivity index (χ3v) is 7.11. The van der Waals surface area contributed by atoms with Crippen LogP contribution >= 0.6 is 11.8 Å². The van der Waals surface area contributed by atoms with Gasteiger partial charge < -0.3 is 20.5 Å². The van der Waals surface area contributed by atoms with Gasteiger partial charge in [0.1, 0.15) is 13.2 Å². The highest BCUT2D eigenvalue weighted by atomic mass is 32.2. The van der Waals surface area contributed by atoms with Crippen molar-refractivity contribution in [3.63, 3.8) is 0 Å². The molecule has 0 spiro atoms. The molecule has 2 aromatic carbocycles. The number of alkyl halides is 3. The van der Waals surface area contributed by atoms with Crippen molar-refractivity contribution in [1.82, 2.24) is 14.9 Å². The van der Waals surface area contributed by atoms with Crippen molar-refractivity contribution < 1.29 is 27.8 Å². The summed E-state index contributed by atoms with van der Waals surface area (Å²) in [5.74, 6) is 5.09. The molecule has 1 amide bonds. The average molecular weight is 572 g/mol. The fraction of sp³-hybridized carbons (Fsp3) is 0.321. The smallest absolute Gasteiger partial charge is 0.417 e. The molecule has 4 rings (SSSR count). The van der Waals surface area contributed by atoms with Crippen LogP contribution in [0.15, 0.2) is 58.5 Å². The number of nitrogens with two attached hydrogens (primary N) is 1. The highest BCUT2D eigenvalue weighted by Gasteiger charge is 2.35. The third-order valence-electron chi connectivity index (χ3n) is 6.12. The van der Waals surface area contributed by atoms with Crippen molar-refractivity contribution in [2.24, 2.45) is 5.73 Å². The Morgan fingerprint density at radius 1 is 1.15 bits per heavy atom. The first-order valence-electron chi connectivity index (χ1n) is 12.4. The van der Waals surface area contributed by atoms with Crippen LogP contribution in [0.2, 0.25) is 0 Å². The minimum atomic E-state index is -4.75. The van der Waals surface area contributed by atoms with Crippen LogP contribution in [0.5, 0.6) is 5.88 Å². The van der Waals surface area contributed by atoms with E-state index < -0.39 is 23.2 Å².